The number of carbonyl (C=O) groups excluding carboxylic acids is 1. The molecule has 32 heavy (non-hydrogen) atoms. The molecule has 4 rings (SSSR count). The first-order chi connectivity index (χ1) is 15.2. The molecule has 0 saturated heterocycles. The highest BCUT2D eigenvalue weighted by atomic mass is 127. The predicted molar refractivity (Wildman–Crippen MR) is 135 cm³/mol. The SMILES string of the molecule is CC(C)(C)OC(=O)N[C@H]1CC[C@H](Nc2ncc(I)n3cc(-c4ccc(Cl)cc4)nc23)CC1. The van der Waals surface area contributed by atoms with E-state index >= 15 is 0 Å². The summed E-state index contributed by atoms with van der Waals surface area (Å²) in [5, 5.41) is 7.27. The van der Waals surface area contributed by atoms with Crippen LogP contribution < -0.4 is 10.6 Å². The third-order valence-corrected chi connectivity index (χ3v) is 6.43. The van der Waals surface area contributed by atoms with Crippen LogP contribution in [0.3, 0.4) is 0 Å². The molecule has 0 aliphatic heterocycles. The van der Waals surface area contributed by atoms with E-state index in [1.165, 1.54) is 0 Å². The highest BCUT2D eigenvalue weighted by Gasteiger charge is 2.25. The monoisotopic (exact) mass is 567 g/mol. The number of halogens is 2. The van der Waals surface area contributed by atoms with E-state index in [4.69, 9.17) is 21.3 Å². The molecule has 1 aliphatic carbocycles. The van der Waals surface area contributed by atoms with Crippen LogP contribution in [0.5, 0.6) is 0 Å². The summed E-state index contributed by atoms with van der Waals surface area (Å²) >= 11 is 8.29. The quantitative estimate of drug-likeness (QED) is 0.384. The molecule has 3 aromatic rings. The summed E-state index contributed by atoms with van der Waals surface area (Å²) in [6.07, 6.45) is 7.18. The van der Waals surface area contributed by atoms with Gasteiger partial charge < -0.3 is 15.4 Å². The Morgan fingerprint density at radius 1 is 1.16 bits per heavy atom. The van der Waals surface area contributed by atoms with Gasteiger partial charge in [0.1, 0.15) is 9.30 Å². The minimum Gasteiger partial charge on any atom is -0.444 e. The number of ether oxygens (including phenoxy) is 1. The normalized spacial score (nSPS) is 19.0. The number of hydrogen-bond donors (Lipinski definition) is 2. The zero-order valence-corrected chi connectivity index (χ0v) is 21.3. The maximum atomic E-state index is 12.0. The van der Waals surface area contributed by atoms with Crippen molar-refractivity contribution in [2.24, 2.45) is 0 Å². The van der Waals surface area contributed by atoms with Crippen LogP contribution in [-0.4, -0.2) is 38.1 Å². The lowest BCUT2D eigenvalue weighted by molar-refractivity contribution is 0.0492. The van der Waals surface area contributed by atoms with Gasteiger partial charge in [-0.25, -0.2) is 14.8 Å². The summed E-state index contributed by atoms with van der Waals surface area (Å²) in [5.41, 5.74) is 2.20. The van der Waals surface area contributed by atoms with Gasteiger partial charge in [-0.15, -0.1) is 0 Å². The molecule has 1 saturated carbocycles. The summed E-state index contributed by atoms with van der Waals surface area (Å²) in [5.74, 6) is 0.772. The van der Waals surface area contributed by atoms with Crippen molar-refractivity contribution in [1.29, 1.82) is 0 Å². The van der Waals surface area contributed by atoms with Crippen molar-refractivity contribution in [2.75, 3.05) is 5.32 Å². The van der Waals surface area contributed by atoms with Gasteiger partial charge in [0.2, 0.25) is 0 Å². The molecule has 1 fully saturated rings. The molecule has 170 valence electrons. The Morgan fingerprint density at radius 2 is 1.81 bits per heavy atom. The number of carbonyl (C=O) groups is 1. The van der Waals surface area contributed by atoms with Crippen molar-refractivity contribution < 1.29 is 9.53 Å². The fraction of sp³-hybridized carbons (Fsp3) is 0.435. The molecule has 9 heteroatoms. The van der Waals surface area contributed by atoms with Crippen molar-refractivity contribution >= 4 is 51.8 Å². The van der Waals surface area contributed by atoms with Crippen LogP contribution in [-0.2, 0) is 4.74 Å². The van der Waals surface area contributed by atoms with Gasteiger partial charge >= 0.3 is 6.09 Å². The Bertz CT molecular complexity index is 1100. The Hall–Kier alpha value is -2.07. The second-order valence-electron chi connectivity index (χ2n) is 9.10. The van der Waals surface area contributed by atoms with Crippen molar-refractivity contribution in [3.63, 3.8) is 0 Å². The Labute approximate surface area is 206 Å². The van der Waals surface area contributed by atoms with Crippen LogP contribution >= 0.6 is 34.2 Å². The number of rotatable bonds is 4. The van der Waals surface area contributed by atoms with E-state index in [2.05, 4.69) is 42.6 Å². The van der Waals surface area contributed by atoms with Crippen LogP contribution in [0.25, 0.3) is 16.9 Å². The van der Waals surface area contributed by atoms with Crippen molar-refractivity contribution in [1.82, 2.24) is 19.7 Å². The molecular formula is C23H27ClIN5O2. The Balaban J connectivity index is 1.43. The number of anilines is 1. The third kappa shape index (κ3) is 5.64. The molecule has 0 unspecified atom stereocenters. The van der Waals surface area contributed by atoms with Crippen LogP contribution in [0, 0.1) is 3.70 Å². The number of benzene rings is 1. The van der Waals surface area contributed by atoms with Gasteiger partial charge in [-0.05, 0) is 81.2 Å². The summed E-state index contributed by atoms with van der Waals surface area (Å²) in [6.45, 7) is 5.61. The molecule has 2 aromatic heterocycles. The minimum absolute atomic E-state index is 0.135. The number of imidazole rings is 1. The number of alkyl carbamates (subject to hydrolysis) is 1. The zero-order valence-electron chi connectivity index (χ0n) is 18.4. The standard InChI is InChI=1S/C23H27ClIN5O2/c1-23(2,3)32-22(31)28-17-10-8-16(9-11-17)27-20-21-29-18(13-30(21)19(25)12-26-20)14-4-6-15(24)7-5-14/h4-7,12-13,16-17H,8-11H2,1-3H3,(H,26,27)(H,28,31)/t16-,17-. The van der Waals surface area contributed by atoms with Gasteiger partial charge in [0, 0.05) is 28.9 Å². The lowest BCUT2D eigenvalue weighted by Gasteiger charge is -2.30. The second kappa shape index (κ2) is 9.43. The molecule has 2 N–H and O–H groups in total. The largest absolute Gasteiger partial charge is 0.444 e. The first-order valence-corrected chi connectivity index (χ1v) is 12.2. The van der Waals surface area contributed by atoms with E-state index in [1.54, 1.807) is 0 Å². The lowest BCUT2D eigenvalue weighted by atomic mass is 9.91. The number of fused-ring (bicyclic) bond motifs is 1. The molecule has 0 radical (unpaired) electrons. The maximum absolute atomic E-state index is 12.0. The average molecular weight is 568 g/mol. The summed E-state index contributed by atoms with van der Waals surface area (Å²) < 4.78 is 8.41. The van der Waals surface area contributed by atoms with Gasteiger partial charge in [-0.2, -0.15) is 0 Å². The van der Waals surface area contributed by atoms with E-state index in [0.29, 0.717) is 5.02 Å². The molecule has 0 spiro atoms. The van der Waals surface area contributed by atoms with Gasteiger partial charge in [0.15, 0.2) is 11.5 Å². The van der Waals surface area contributed by atoms with E-state index in [9.17, 15) is 4.79 Å². The number of amides is 1. The first kappa shape index (κ1) is 23.1. The molecule has 7 nitrogen and oxygen atoms in total. The molecule has 0 bridgehead atoms. The Kier molecular flexibility index (Phi) is 6.80. The first-order valence-electron chi connectivity index (χ1n) is 10.7. The molecule has 1 amide bonds. The topological polar surface area (TPSA) is 80.5 Å². The lowest BCUT2D eigenvalue weighted by Crippen LogP contribution is -2.42. The number of nitrogens with one attached hydrogen (secondary N) is 2. The van der Waals surface area contributed by atoms with Crippen molar-refractivity contribution in [3.8, 4) is 11.3 Å². The third-order valence-electron chi connectivity index (χ3n) is 5.38. The fourth-order valence-corrected chi connectivity index (χ4v) is 4.49. The number of aromatic nitrogens is 3. The van der Waals surface area contributed by atoms with Crippen molar-refractivity contribution in [3.05, 3.63) is 45.4 Å². The summed E-state index contributed by atoms with van der Waals surface area (Å²) in [4.78, 5) is 21.5. The molecule has 0 atom stereocenters. The van der Waals surface area contributed by atoms with Crippen LogP contribution in [0.15, 0.2) is 36.7 Å². The minimum atomic E-state index is -0.486. The smallest absolute Gasteiger partial charge is 0.407 e. The summed E-state index contributed by atoms with van der Waals surface area (Å²) in [6, 6.07) is 8.08. The van der Waals surface area contributed by atoms with Gasteiger partial charge in [0.05, 0.1) is 11.9 Å². The van der Waals surface area contributed by atoms with Crippen LogP contribution in [0.2, 0.25) is 5.02 Å². The Morgan fingerprint density at radius 3 is 2.47 bits per heavy atom. The number of hydrogen-bond acceptors (Lipinski definition) is 5. The van der Waals surface area contributed by atoms with Gasteiger partial charge in [-0.1, -0.05) is 23.7 Å². The maximum Gasteiger partial charge on any atom is 0.407 e. The molecule has 1 aliphatic rings. The summed E-state index contributed by atoms with van der Waals surface area (Å²) in [7, 11) is 0. The van der Waals surface area contributed by atoms with Crippen molar-refractivity contribution in [2.45, 2.75) is 64.1 Å². The zero-order chi connectivity index (χ0) is 22.9. The van der Waals surface area contributed by atoms with Crippen LogP contribution in [0.1, 0.15) is 46.5 Å². The predicted octanol–water partition coefficient (Wildman–Crippen LogP) is 5.90. The highest BCUT2D eigenvalue weighted by Crippen LogP contribution is 2.27. The van der Waals surface area contributed by atoms with E-state index in [0.717, 1.165) is 52.1 Å². The van der Waals surface area contributed by atoms with E-state index < -0.39 is 5.60 Å². The van der Waals surface area contributed by atoms with E-state index in [-0.39, 0.29) is 18.2 Å². The van der Waals surface area contributed by atoms with E-state index in [1.807, 2.05) is 57.4 Å². The van der Waals surface area contributed by atoms with Gasteiger partial charge in [-0.3, -0.25) is 4.40 Å². The van der Waals surface area contributed by atoms with Crippen LogP contribution in [0.4, 0.5) is 10.6 Å². The van der Waals surface area contributed by atoms with Gasteiger partial charge in [0.25, 0.3) is 0 Å². The molecule has 2 heterocycles. The number of nitrogens with zero attached hydrogens (tertiary/aromatic N) is 3. The fourth-order valence-electron chi connectivity index (χ4n) is 3.86. The highest BCUT2D eigenvalue weighted by molar-refractivity contribution is 14.1. The second-order valence-corrected chi connectivity index (χ2v) is 10.6. The molecule has 1 aromatic carbocycles. The average Bonchev–Trinajstić information content (AvgIpc) is 3.17. The molecular weight excluding hydrogens is 541 g/mol.